The first-order valence-corrected chi connectivity index (χ1v) is 5.47. The maximum absolute atomic E-state index is 11.9. The highest BCUT2D eigenvalue weighted by Crippen LogP contribution is 2.32. The van der Waals surface area contributed by atoms with Crippen molar-refractivity contribution < 1.29 is 22.6 Å². The molecule has 1 rings (SSSR count). The van der Waals surface area contributed by atoms with Gasteiger partial charge in [0.15, 0.2) is 11.5 Å². The molecule has 0 N–H and O–H groups in total. The van der Waals surface area contributed by atoms with Crippen molar-refractivity contribution in [1.29, 1.82) is 0 Å². The van der Waals surface area contributed by atoms with Crippen LogP contribution in [0, 0.1) is 0 Å². The van der Waals surface area contributed by atoms with E-state index >= 15 is 0 Å². The van der Waals surface area contributed by atoms with E-state index in [9.17, 15) is 13.2 Å². The van der Waals surface area contributed by atoms with Gasteiger partial charge in [-0.1, -0.05) is 6.07 Å². The molecule has 1 aromatic rings. The Morgan fingerprint density at radius 1 is 1.12 bits per heavy atom. The lowest BCUT2D eigenvalue weighted by atomic mass is 10.2. The standard InChI is InChI=1S/C11H11F3O2S/c1-15-9-4-3-8(7-10(9)16-2)5-6-17-11(12,13)14/h3-7H,1-2H3/b6-5+. The maximum Gasteiger partial charge on any atom is 0.445 e. The van der Waals surface area contributed by atoms with Crippen LogP contribution in [0.2, 0.25) is 0 Å². The van der Waals surface area contributed by atoms with Gasteiger partial charge in [-0.05, 0) is 40.9 Å². The molecule has 0 heterocycles. The van der Waals surface area contributed by atoms with Gasteiger partial charge in [-0.25, -0.2) is 0 Å². The van der Waals surface area contributed by atoms with Crippen molar-refractivity contribution >= 4 is 17.8 Å². The van der Waals surface area contributed by atoms with Crippen LogP contribution in [0.1, 0.15) is 5.56 Å². The van der Waals surface area contributed by atoms with E-state index < -0.39 is 5.51 Å². The van der Waals surface area contributed by atoms with Crippen LogP contribution in [0.25, 0.3) is 6.08 Å². The molecule has 0 aliphatic heterocycles. The van der Waals surface area contributed by atoms with Crippen LogP contribution in [-0.4, -0.2) is 19.7 Å². The van der Waals surface area contributed by atoms with E-state index in [0.29, 0.717) is 17.1 Å². The first-order chi connectivity index (χ1) is 7.96. The van der Waals surface area contributed by atoms with Crippen molar-refractivity contribution in [2.24, 2.45) is 0 Å². The fraction of sp³-hybridized carbons (Fsp3) is 0.273. The Labute approximate surface area is 101 Å². The molecule has 17 heavy (non-hydrogen) atoms. The minimum atomic E-state index is -4.26. The van der Waals surface area contributed by atoms with Crippen LogP contribution in [0.3, 0.4) is 0 Å². The molecule has 0 aromatic heterocycles. The van der Waals surface area contributed by atoms with Gasteiger partial charge in [0.2, 0.25) is 0 Å². The molecule has 0 spiro atoms. The Morgan fingerprint density at radius 2 is 1.76 bits per heavy atom. The summed E-state index contributed by atoms with van der Waals surface area (Å²) in [5.41, 5.74) is -3.65. The van der Waals surface area contributed by atoms with Crippen LogP contribution in [0.5, 0.6) is 11.5 Å². The van der Waals surface area contributed by atoms with Gasteiger partial charge in [-0.3, -0.25) is 0 Å². The molecule has 2 nitrogen and oxygen atoms in total. The lowest BCUT2D eigenvalue weighted by molar-refractivity contribution is -0.0319. The fourth-order valence-corrected chi connectivity index (χ4v) is 1.53. The number of halogens is 3. The largest absolute Gasteiger partial charge is 0.493 e. The van der Waals surface area contributed by atoms with Crippen molar-refractivity contribution in [3.63, 3.8) is 0 Å². The van der Waals surface area contributed by atoms with E-state index in [-0.39, 0.29) is 11.8 Å². The van der Waals surface area contributed by atoms with Gasteiger partial charge in [0.25, 0.3) is 0 Å². The van der Waals surface area contributed by atoms with E-state index in [0.717, 1.165) is 5.41 Å². The Kier molecular flexibility index (Phi) is 4.74. The summed E-state index contributed by atoms with van der Waals surface area (Å²) in [5, 5.41) is 0.987. The summed E-state index contributed by atoms with van der Waals surface area (Å²) in [4.78, 5) is 0. The number of benzene rings is 1. The number of alkyl halides is 3. The number of rotatable bonds is 4. The molecule has 0 aliphatic carbocycles. The number of ether oxygens (including phenoxy) is 2. The topological polar surface area (TPSA) is 18.5 Å². The molecular weight excluding hydrogens is 253 g/mol. The van der Waals surface area contributed by atoms with Crippen LogP contribution < -0.4 is 9.47 Å². The molecule has 0 aliphatic rings. The maximum atomic E-state index is 11.9. The Morgan fingerprint density at radius 3 is 2.29 bits per heavy atom. The van der Waals surface area contributed by atoms with E-state index in [2.05, 4.69) is 0 Å². The molecule has 0 saturated heterocycles. The molecular formula is C11H11F3O2S. The first kappa shape index (κ1) is 13.8. The summed E-state index contributed by atoms with van der Waals surface area (Å²) in [7, 11) is 2.96. The molecule has 0 fully saturated rings. The highest BCUT2D eigenvalue weighted by Gasteiger charge is 2.26. The highest BCUT2D eigenvalue weighted by molar-refractivity contribution is 8.03. The van der Waals surface area contributed by atoms with Crippen molar-refractivity contribution in [3.05, 3.63) is 29.2 Å². The summed E-state index contributed by atoms with van der Waals surface area (Å²) in [5.74, 6) is 1.01. The van der Waals surface area contributed by atoms with Gasteiger partial charge >= 0.3 is 5.51 Å². The van der Waals surface area contributed by atoms with Crippen LogP contribution in [-0.2, 0) is 0 Å². The van der Waals surface area contributed by atoms with Gasteiger partial charge in [0.1, 0.15) is 0 Å². The van der Waals surface area contributed by atoms with Crippen LogP contribution in [0.4, 0.5) is 13.2 Å². The van der Waals surface area contributed by atoms with Gasteiger partial charge in [0, 0.05) is 0 Å². The second-order valence-corrected chi connectivity index (χ2v) is 3.95. The lowest BCUT2D eigenvalue weighted by Crippen LogP contribution is -1.96. The third-order valence-electron chi connectivity index (χ3n) is 1.87. The highest BCUT2D eigenvalue weighted by atomic mass is 32.2. The molecule has 0 amide bonds. The molecule has 94 valence electrons. The van der Waals surface area contributed by atoms with Crippen LogP contribution in [0.15, 0.2) is 23.6 Å². The van der Waals surface area contributed by atoms with Gasteiger partial charge in [-0.15, -0.1) is 0 Å². The summed E-state index contributed by atoms with van der Waals surface area (Å²) < 4.78 is 45.7. The molecule has 0 saturated carbocycles. The minimum Gasteiger partial charge on any atom is -0.493 e. The molecule has 0 unspecified atom stereocenters. The van der Waals surface area contributed by atoms with E-state index in [1.807, 2.05) is 0 Å². The predicted molar refractivity (Wildman–Crippen MR) is 62.2 cm³/mol. The Hall–Kier alpha value is -1.30. The predicted octanol–water partition coefficient (Wildman–Crippen LogP) is 3.93. The van der Waals surface area contributed by atoms with Gasteiger partial charge in [-0.2, -0.15) is 13.2 Å². The second-order valence-electron chi connectivity index (χ2n) is 2.98. The fourth-order valence-electron chi connectivity index (χ4n) is 1.15. The van der Waals surface area contributed by atoms with E-state index in [1.54, 1.807) is 18.2 Å². The summed E-state index contributed by atoms with van der Waals surface area (Å²) >= 11 is -0.201. The third-order valence-corrected chi connectivity index (χ3v) is 2.41. The molecule has 6 heteroatoms. The zero-order chi connectivity index (χ0) is 12.9. The number of hydrogen-bond donors (Lipinski definition) is 0. The van der Waals surface area contributed by atoms with Crippen molar-refractivity contribution in [2.75, 3.05) is 14.2 Å². The SMILES string of the molecule is COc1ccc(/C=C/SC(F)(F)F)cc1OC. The number of methoxy groups -OCH3 is 2. The average molecular weight is 264 g/mol. The third kappa shape index (κ3) is 4.60. The molecule has 1 aromatic carbocycles. The molecule has 0 bridgehead atoms. The van der Waals surface area contributed by atoms with Gasteiger partial charge < -0.3 is 9.47 Å². The smallest absolute Gasteiger partial charge is 0.445 e. The Bertz CT molecular complexity index is 402. The first-order valence-electron chi connectivity index (χ1n) is 4.59. The summed E-state index contributed by atoms with van der Waals surface area (Å²) in [6.45, 7) is 0. The Balaban J connectivity index is 2.79. The van der Waals surface area contributed by atoms with Crippen molar-refractivity contribution in [2.45, 2.75) is 5.51 Å². The zero-order valence-electron chi connectivity index (χ0n) is 9.25. The van der Waals surface area contributed by atoms with E-state index in [1.165, 1.54) is 20.3 Å². The van der Waals surface area contributed by atoms with Gasteiger partial charge in [0.05, 0.1) is 14.2 Å². The minimum absolute atomic E-state index is 0.201. The van der Waals surface area contributed by atoms with Crippen molar-refractivity contribution in [3.8, 4) is 11.5 Å². The summed E-state index contributed by atoms with van der Waals surface area (Å²) in [6, 6.07) is 4.89. The van der Waals surface area contributed by atoms with Crippen LogP contribution >= 0.6 is 11.8 Å². The summed E-state index contributed by atoms with van der Waals surface area (Å²) in [6.07, 6.45) is 1.36. The van der Waals surface area contributed by atoms with E-state index in [4.69, 9.17) is 9.47 Å². The molecule has 0 atom stereocenters. The number of thioether (sulfide) groups is 1. The normalized spacial score (nSPS) is 11.8. The lowest BCUT2D eigenvalue weighted by Gasteiger charge is -2.07. The zero-order valence-corrected chi connectivity index (χ0v) is 10.1. The average Bonchev–Trinajstić information content (AvgIpc) is 2.27. The quantitative estimate of drug-likeness (QED) is 0.821. The molecule has 0 radical (unpaired) electrons. The van der Waals surface area contributed by atoms with Crippen molar-refractivity contribution in [1.82, 2.24) is 0 Å². The monoisotopic (exact) mass is 264 g/mol. The number of hydrogen-bond acceptors (Lipinski definition) is 3. The second kappa shape index (κ2) is 5.86.